The van der Waals surface area contributed by atoms with E-state index in [1.807, 2.05) is 6.92 Å². The average Bonchev–Trinajstić information content (AvgIpc) is 2.93. The summed E-state index contributed by atoms with van der Waals surface area (Å²) >= 11 is 0. The van der Waals surface area contributed by atoms with Crippen LogP contribution < -0.4 is 10.6 Å². The van der Waals surface area contributed by atoms with Crippen molar-refractivity contribution in [2.24, 2.45) is 0 Å². The molecule has 0 fully saturated rings. The molecule has 1 heterocycles. The second-order valence-electron chi connectivity index (χ2n) is 7.02. The SMILES string of the molecule is CNC(=O)c1cccc(NC(=O)CCCN2C(=O)c3ccc(C)cc3C2=O)c1C. The third-order valence-corrected chi connectivity index (χ3v) is 4.99. The molecule has 4 amide bonds. The van der Waals surface area contributed by atoms with Gasteiger partial charge in [0, 0.05) is 31.3 Å². The van der Waals surface area contributed by atoms with Crippen LogP contribution >= 0.6 is 0 Å². The van der Waals surface area contributed by atoms with Gasteiger partial charge in [-0.1, -0.05) is 17.7 Å². The molecule has 2 aromatic carbocycles. The van der Waals surface area contributed by atoms with Crippen molar-refractivity contribution in [1.29, 1.82) is 0 Å². The number of fused-ring (bicyclic) bond motifs is 1. The van der Waals surface area contributed by atoms with E-state index < -0.39 is 0 Å². The Kier molecular flexibility index (Phi) is 5.77. The highest BCUT2D eigenvalue weighted by molar-refractivity contribution is 6.21. The highest BCUT2D eigenvalue weighted by atomic mass is 16.2. The molecule has 0 unspecified atom stereocenters. The lowest BCUT2D eigenvalue weighted by atomic mass is 10.1. The Labute approximate surface area is 169 Å². The van der Waals surface area contributed by atoms with Crippen LogP contribution in [0.4, 0.5) is 5.69 Å². The van der Waals surface area contributed by atoms with E-state index in [-0.39, 0.29) is 36.6 Å². The lowest BCUT2D eigenvalue weighted by Gasteiger charge is -2.14. The van der Waals surface area contributed by atoms with E-state index >= 15 is 0 Å². The first-order valence-electron chi connectivity index (χ1n) is 9.42. The molecule has 1 aliphatic heterocycles. The molecule has 0 aliphatic carbocycles. The van der Waals surface area contributed by atoms with Crippen LogP contribution in [0.5, 0.6) is 0 Å². The first-order valence-corrected chi connectivity index (χ1v) is 9.42. The minimum absolute atomic E-state index is 0.149. The molecule has 0 radical (unpaired) electrons. The molecular formula is C22H23N3O4. The lowest BCUT2D eigenvalue weighted by Crippen LogP contribution is -2.31. The summed E-state index contributed by atoms with van der Waals surface area (Å²) in [7, 11) is 1.55. The predicted molar refractivity (Wildman–Crippen MR) is 109 cm³/mol. The van der Waals surface area contributed by atoms with Gasteiger partial charge in [0.15, 0.2) is 0 Å². The molecule has 150 valence electrons. The number of carbonyl (C=O) groups excluding carboxylic acids is 4. The Balaban J connectivity index is 1.58. The van der Waals surface area contributed by atoms with Crippen LogP contribution in [0.1, 0.15) is 55.0 Å². The number of nitrogens with zero attached hydrogens (tertiary/aromatic N) is 1. The standard InChI is InChI=1S/C22H23N3O4/c1-13-9-10-16-17(12-13)22(29)25(21(16)28)11-5-8-19(26)24-18-7-4-6-15(14(18)2)20(27)23-3/h4,6-7,9-10,12H,5,8,11H2,1-3H3,(H,23,27)(H,24,26). The lowest BCUT2D eigenvalue weighted by molar-refractivity contribution is -0.116. The number of hydrogen-bond acceptors (Lipinski definition) is 4. The molecule has 0 bridgehead atoms. The summed E-state index contributed by atoms with van der Waals surface area (Å²) in [6.07, 6.45) is 0.501. The highest BCUT2D eigenvalue weighted by Crippen LogP contribution is 2.24. The smallest absolute Gasteiger partial charge is 0.261 e. The van der Waals surface area contributed by atoms with Crippen molar-refractivity contribution in [2.45, 2.75) is 26.7 Å². The van der Waals surface area contributed by atoms with Gasteiger partial charge >= 0.3 is 0 Å². The zero-order chi connectivity index (χ0) is 21.1. The monoisotopic (exact) mass is 393 g/mol. The molecule has 3 rings (SSSR count). The molecule has 29 heavy (non-hydrogen) atoms. The zero-order valence-electron chi connectivity index (χ0n) is 16.7. The van der Waals surface area contributed by atoms with Gasteiger partial charge in [-0.05, 0) is 50.1 Å². The number of anilines is 1. The van der Waals surface area contributed by atoms with Crippen molar-refractivity contribution in [2.75, 3.05) is 18.9 Å². The van der Waals surface area contributed by atoms with Gasteiger partial charge in [0.05, 0.1) is 11.1 Å². The van der Waals surface area contributed by atoms with Crippen LogP contribution in [0, 0.1) is 13.8 Å². The van der Waals surface area contributed by atoms with Crippen molar-refractivity contribution in [3.05, 3.63) is 64.2 Å². The van der Waals surface area contributed by atoms with Crippen molar-refractivity contribution in [3.8, 4) is 0 Å². The fourth-order valence-corrected chi connectivity index (χ4v) is 3.37. The van der Waals surface area contributed by atoms with E-state index in [4.69, 9.17) is 0 Å². The number of aryl methyl sites for hydroxylation is 1. The van der Waals surface area contributed by atoms with Gasteiger partial charge in [-0.3, -0.25) is 24.1 Å². The second-order valence-corrected chi connectivity index (χ2v) is 7.02. The fourth-order valence-electron chi connectivity index (χ4n) is 3.37. The summed E-state index contributed by atoms with van der Waals surface area (Å²) in [5.74, 6) is -1.10. The quantitative estimate of drug-likeness (QED) is 0.738. The topological polar surface area (TPSA) is 95.6 Å². The van der Waals surface area contributed by atoms with Crippen LogP contribution in [0.2, 0.25) is 0 Å². The normalized spacial score (nSPS) is 12.7. The predicted octanol–water partition coefficient (Wildman–Crippen LogP) is 2.68. The summed E-state index contributed by atoms with van der Waals surface area (Å²) in [5, 5.41) is 5.36. The number of amides is 4. The Morgan fingerprint density at radius 3 is 2.45 bits per heavy atom. The van der Waals surface area contributed by atoms with Crippen molar-refractivity contribution < 1.29 is 19.2 Å². The molecule has 0 saturated heterocycles. The summed E-state index contributed by atoms with van der Waals surface area (Å²) in [6, 6.07) is 10.3. The molecule has 0 atom stereocenters. The van der Waals surface area contributed by atoms with Gasteiger partial charge in [-0.15, -0.1) is 0 Å². The van der Waals surface area contributed by atoms with Crippen molar-refractivity contribution >= 4 is 29.3 Å². The van der Waals surface area contributed by atoms with Gasteiger partial charge in [-0.2, -0.15) is 0 Å². The van der Waals surface area contributed by atoms with Gasteiger partial charge in [0.2, 0.25) is 5.91 Å². The summed E-state index contributed by atoms with van der Waals surface area (Å²) in [4.78, 5) is 50.3. The Morgan fingerprint density at radius 1 is 1.00 bits per heavy atom. The van der Waals surface area contributed by atoms with Crippen LogP contribution in [0.25, 0.3) is 0 Å². The van der Waals surface area contributed by atoms with E-state index in [1.165, 1.54) is 4.90 Å². The maximum Gasteiger partial charge on any atom is 0.261 e. The number of benzene rings is 2. The van der Waals surface area contributed by atoms with E-state index in [9.17, 15) is 19.2 Å². The fraction of sp³-hybridized carbons (Fsp3) is 0.273. The van der Waals surface area contributed by atoms with Crippen LogP contribution in [0.3, 0.4) is 0 Å². The molecule has 7 nitrogen and oxygen atoms in total. The van der Waals surface area contributed by atoms with Gasteiger partial charge in [0.25, 0.3) is 17.7 Å². The van der Waals surface area contributed by atoms with Gasteiger partial charge < -0.3 is 10.6 Å². The summed E-state index contributed by atoms with van der Waals surface area (Å²) in [6.45, 7) is 3.81. The molecule has 2 N–H and O–H groups in total. The molecule has 0 saturated carbocycles. The third-order valence-electron chi connectivity index (χ3n) is 4.99. The Bertz CT molecular complexity index is 1010. The largest absolute Gasteiger partial charge is 0.355 e. The summed E-state index contributed by atoms with van der Waals surface area (Å²) in [5.41, 5.74) is 3.48. The Hall–Kier alpha value is -3.48. The number of rotatable bonds is 6. The molecule has 2 aromatic rings. The van der Waals surface area contributed by atoms with Crippen molar-refractivity contribution in [3.63, 3.8) is 0 Å². The average molecular weight is 393 g/mol. The van der Waals surface area contributed by atoms with Crippen molar-refractivity contribution in [1.82, 2.24) is 10.2 Å². The third kappa shape index (κ3) is 4.03. The van der Waals surface area contributed by atoms with E-state index in [1.54, 1.807) is 50.4 Å². The maximum atomic E-state index is 12.5. The minimum Gasteiger partial charge on any atom is -0.355 e. The summed E-state index contributed by atoms with van der Waals surface area (Å²) < 4.78 is 0. The molecule has 7 heteroatoms. The van der Waals surface area contributed by atoms with Crippen LogP contribution in [-0.4, -0.2) is 42.1 Å². The van der Waals surface area contributed by atoms with E-state index in [0.29, 0.717) is 34.4 Å². The number of hydrogen-bond donors (Lipinski definition) is 2. The number of nitrogens with one attached hydrogen (secondary N) is 2. The Morgan fingerprint density at radius 2 is 1.72 bits per heavy atom. The molecular weight excluding hydrogens is 370 g/mol. The zero-order valence-corrected chi connectivity index (χ0v) is 16.7. The second kappa shape index (κ2) is 8.26. The first-order chi connectivity index (χ1) is 13.8. The molecule has 0 spiro atoms. The van der Waals surface area contributed by atoms with Crippen LogP contribution in [0.15, 0.2) is 36.4 Å². The number of carbonyl (C=O) groups is 4. The number of imide groups is 1. The minimum atomic E-state index is -0.320. The van der Waals surface area contributed by atoms with Gasteiger partial charge in [0.1, 0.15) is 0 Å². The first kappa shape index (κ1) is 20.3. The molecule has 1 aliphatic rings. The van der Waals surface area contributed by atoms with E-state index in [0.717, 1.165) is 5.56 Å². The van der Waals surface area contributed by atoms with Gasteiger partial charge in [-0.25, -0.2) is 0 Å². The van der Waals surface area contributed by atoms with Crippen LogP contribution in [-0.2, 0) is 4.79 Å². The maximum absolute atomic E-state index is 12.5. The highest BCUT2D eigenvalue weighted by Gasteiger charge is 2.34. The van der Waals surface area contributed by atoms with E-state index in [2.05, 4.69) is 10.6 Å². The molecule has 0 aromatic heterocycles.